The summed E-state index contributed by atoms with van der Waals surface area (Å²) in [5.41, 5.74) is 1.96. The van der Waals surface area contributed by atoms with Crippen LogP contribution in [0.2, 0.25) is 0 Å². The number of carbonyl (C=O) groups excluding carboxylic acids is 1. The quantitative estimate of drug-likeness (QED) is 0.678. The van der Waals surface area contributed by atoms with Gasteiger partial charge in [0, 0.05) is 18.7 Å². The maximum absolute atomic E-state index is 12.3. The van der Waals surface area contributed by atoms with Crippen LogP contribution in [0.4, 0.5) is 0 Å². The maximum Gasteiger partial charge on any atom is 0.266 e. The second-order valence-electron chi connectivity index (χ2n) is 4.96. The van der Waals surface area contributed by atoms with Crippen molar-refractivity contribution in [1.29, 1.82) is 0 Å². The second-order valence-corrected chi connectivity index (χ2v) is 6.63. The van der Waals surface area contributed by atoms with Crippen molar-refractivity contribution in [2.75, 3.05) is 19.8 Å². The average Bonchev–Trinajstić information content (AvgIpc) is 2.79. The van der Waals surface area contributed by atoms with E-state index >= 15 is 0 Å². The minimum Gasteiger partial charge on any atom is -0.488 e. The van der Waals surface area contributed by atoms with E-state index in [1.54, 1.807) is 4.90 Å². The summed E-state index contributed by atoms with van der Waals surface area (Å²) in [6, 6.07) is 7.80. The SMILES string of the molecule is O=C1/C(=C/C2=Cc3ccccc3OC2)SC(=S)N1CCCO. The van der Waals surface area contributed by atoms with Crippen LogP contribution in [-0.2, 0) is 4.79 Å². The number of thioether (sulfide) groups is 1. The highest BCUT2D eigenvalue weighted by Gasteiger charge is 2.31. The molecule has 0 bridgehead atoms. The van der Waals surface area contributed by atoms with Gasteiger partial charge in [0.05, 0.1) is 4.91 Å². The molecule has 0 saturated carbocycles. The number of rotatable bonds is 4. The standard InChI is InChI=1S/C16H15NO3S2/c18-7-3-6-17-15(19)14(22-16(17)21)9-11-8-12-4-1-2-5-13(12)20-10-11/h1-2,4-5,8-9,18H,3,6-7,10H2/b14-9-. The number of hydrogen-bond donors (Lipinski definition) is 1. The number of thiocarbonyl (C=S) groups is 1. The molecule has 2 aliphatic heterocycles. The van der Waals surface area contributed by atoms with Crippen molar-refractivity contribution in [3.63, 3.8) is 0 Å². The Labute approximate surface area is 138 Å². The number of aliphatic hydroxyl groups is 1. The van der Waals surface area contributed by atoms with Crippen LogP contribution in [0.5, 0.6) is 5.75 Å². The summed E-state index contributed by atoms with van der Waals surface area (Å²) in [5.74, 6) is 0.762. The number of amides is 1. The molecular weight excluding hydrogens is 318 g/mol. The molecule has 2 aliphatic rings. The van der Waals surface area contributed by atoms with Crippen molar-refractivity contribution in [3.8, 4) is 5.75 Å². The molecule has 4 nitrogen and oxygen atoms in total. The van der Waals surface area contributed by atoms with Crippen molar-refractivity contribution in [2.45, 2.75) is 6.42 Å². The molecule has 0 aliphatic carbocycles. The first kappa shape index (κ1) is 15.3. The summed E-state index contributed by atoms with van der Waals surface area (Å²) in [6.07, 6.45) is 4.40. The third-order valence-corrected chi connectivity index (χ3v) is 4.76. The lowest BCUT2D eigenvalue weighted by Crippen LogP contribution is -2.29. The van der Waals surface area contributed by atoms with Crippen LogP contribution in [0.3, 0.4) is 0 Å². The molecule has 1 saturated heterocycles. The summed E-state index contributed by atoms with van der Waals surface area (Å²) >= 11 is 6.53. The van der Waals surface area contributed by atoms with Crippen molar-refractivity contribution < 1.29 is 14.6 Å². The van der Waals surface area contributed by atoms with Gasteiger partial charge in [0.1, 0.15) is 16.7 Å². The van der Waals surface area contributed by atoms with Crippen LogP contribution in [-0.4, -0.2) is 40.0 Å². The monoisotopic (exact) mass is 333 g/mol. The molecule has 2 heterocycles. The topological polar surface area (TPSA) is 49.8 Å². The van der Waals surface area contributed by atoms with Gasteiger partial charge in [-0.15, -0.1) is 0 Å². The zero-order valence-electron chi connectivity index (χ0n) is 11.8. The smallest absolute Gasteiger partial charge is 0.266 e. The number of aliphatic hydroxyl groups excluding tert-OH is 1. The number of benzene rings is 1. The molecule has 6 heteroatoms. The van der Waals surface area contributed by atoms with Crippen LogP contribution >= 0.6 is 24.0 Å². The van der Waals surface area contributed by atoms with Crippen LogP contribution in [0.25, 0.3) is 6.08 Å². The molecule has 114 valence electrons. The molecule has 1 aromatic rings. The molecule has 22 heavy (non-hydrogen) atoms. The molecule has 0 aromatic heterocycles. The third-order valence-electron chi connectivity index (χ3n) is 3.38. The van der Waals surface area contributed by atoms with Crippen molar-refractivity contribution in [3.05, 3.63) is 46.4 Å². The van der Waals surface area contributed by atoms with E-state index in [1.807, 2.05) is 36.4 Å². The van der Waals surface area contributed by atoms with Crippen LogP contribution in [0.1, 0.15) is 12.0 Å². The number of hydrogen-bond acceptors (Lipinski definition) is 5. The molecule has 3 rings (SSSR count). The van der Waals surface area contributed by atoms with Crippen LogP contribution in [0.15, 0.2) is 40.8 Å². The van der Waals surface area contributed by atoms with Crippen LogP contribution < -0.4 is 4.74 Å². The minimum absolute atomic E-state index is 0.0475. The van der Waals surface area contributed by atoms with E-state index in [-0.39, 0.29) is 12.5 Å². The number of nitrogens with zero attached hydrogens (tertiary/aromatic N) is 1. The zero-order valence-corrected chi connectivity index (χ0v) is 13.5. The predicted molar refractivity (Wildman–Crippen MR) is 91.6 cm³/mol. The van der Waals surface area contributed by atoms with Gasteiger partial charge >= 0.3 is 0 Å². The fraction of sp³-hybridized carbons (Fsp3) is 0.250. The van der Waals surface area contributed by atoms with Gasteiger partial charge in [-0.05, 0) is 30.2 Å². The Balaban J connectivity index is 1.80. The largest absolute Gasteiger partial charge is 0.488 e. The number of ether oxygens (including phenoxy) is 1. The summed E-state index contributed by atoms with van der Waals surface area (Å²) in [4.78, 5) is 14.5. The van der Waals surface area contributed by atoms with Gasteiger partial charge in [-0.1, -0.05) is 42.2 Å². The van der Waals surface area contributed by atoms with E-state index in [4.69, 9.17) is 22.1 Å². The summed E-state index contributed by atoms with van der Waals surface area (Å²) < 4.78 is 6.23. The Bertz CT molecular complexity index is 682. The average molecular weight is 333 g/mol. The van der Waals surface area contributed by atoms with E-state index in [2.05, 4.69) is 0 Å². The minimum atomic E-state index is -0.0943. The van der Waals surface area contributed by atoms with E-state index < -0.39 is 0 Å². The fourth-order valence-corrected chi connectivity index (χ4v) is 3.63. The third kappa shape index (κ3) is 3.09. The Hall–Kier alpha value is -1.63. The van der Waals surface area contributed by atoms with E-state index in [0.717, 1.165) is 16.9 Å². The van der Waals surface area contributed by atoms with Gasteiger partial charge in [0.25, 0.3) is 5.91 Å². The van der Waals surface area contributed by atoms with E-state index in [0.29, 0.717) is 28.8 Å². The molecular formula is C16H15NO3S2. The van der Waals surface area contributed by atoms with Gasteiger partial charge in [-0.3, -0.25) is 9.69 Å². The second kappa shape index (κ2) is 6.64. The summed E-state index contributed by atoms with van der Waals surface area (Å²) in [5, 5.41) is 8.89. The van der Waals surface area contributed by atoms with Gasteiger partial charge in [-0.2, -0.15) is 0 Å². The number of para-hydroxylation sites is 1. The Morgan fingerprint density at radius 3 is 3.05 bits per heavy atom. The normalized spacial score (nSPS) is 19.2. The first-order chi connectivity index (χ1) is 10.7. The Morgan fingerprint density at radius 2 is 2.23 bits per heavy atom. The van der Waals surface area contributed by atoms with E-state index in [9.17, 15) is 4.79 Å². The van der Waals surface area contributed by atoms with Gasteiger partial charge < -0.3 is 9.84 Å². The molecule has 0 unspecified atom stereocenters. The fourth-order valence-electron chi connectivity index (χ4n) is 2.31. The van der Waals surface area contributed by atoms with Crippen molar-refractivity contribution in [1.82, 2.24) is 4.90 Å². The van der Waals surface area contributed by atoms with Gasteiger partial charge in [0.2, 0.25) is 0 Å². The summed E-state index contributed by atoms with van der Waals surface area (Å²) in [6.45, 7) is 0.945. The Kier molecular flexibility index (Phi) is 4.61. The lowest BCUT2D eigenvalue weighted by atomic mass is 10.1. The van der Waals surface area contributed by atoms with Crippen molar-refractivity contribution >= 4 is 40.3 Å². The number of fused-ring (bicyclic) bond motifs is 1. The predicted octanol–water partition coefficient (Wildman–Crippen LogP) is 2.59. The van der Waals surface area contributed by atoms with E-state index in [1.165, 1.54) is 11.8 Å². The highest BCUT2D eigenvalue weighted by atomic mass is 32.2. The number of carbonyl (C=O) groups is 1. The van der Waals surface area contributed by atoms with Gasteiger partial charge in [0.15, 0.2) is 0 Å². The lowest BCUT2D eigenvalue weighted by Gasteiger charge is -2.16. The molecule has 0 radical (unpaired) electrons. The highest BCUT2D eigenvalue weighted by Crippen LogP contribution is 2.33. The Morgan fingerprint density at radius 1 is 1.41 bits per heavy atom. The van der Waals surface area contributed by atoms with Crippen LogP contribution in [0, 0.1) is 0 Å². The lowest BCUT2D eigenvalue weighted by molar-refractivity contribution is -0.122. The molecule has 0 spiro atoms. The first-order valence-corrected chi connectivity index (χ1v) is 8.20. The first-order valence-electron chi connectivity index (χ1n) is 6.97. The molecule has 1 N–H and O–H groups in total. The molecule has 0 atom stereocenters. The molecule has 1 aromatic carbocycles. The van der Waals surface area contributed by atoms with Gasteiger partial charge in [-0.25, -0.2) is 0 Å². The van der Waals surface area contributed by atoms with Crippen molar-refractivity contribution in [2.24, 2.45) is 0 Å². The summed E-state index contributed by atoms with van der Waals surface area (Å²) in [7, 11) is 0. The molecule has 1 fully saturated rings. The molecule has 1 amide bonds. The zero-order chi connectivity index (χ0) is 15.5. The highest BCUT2D eigenvalue weighted by molar-refractivity contribution is 8.26. The maximum atomic E-state index is 12.3.